The van der Waals surface area contributed by atoms with E-state index < -0.39 is 6.04 Å². The highest BCUT2D eigenvalue weighted by Crippen LogP contribution is 2.40. The van der Waals surface area contributed by atoms with E-state index in [1.807, 2.05) is 12.1 Å². The number of nitrogens with one attached hydrogen (secondary N) is 1. The molecule has 1 saturated heterocycles. The van der Waals surface area contributed by atoms with E-state index in [0.717, 1.165) is 4.47 Å². The van der Waals surface area contributed by atoms with Gasteiger partial charge in [-0.15, -0.1) is 0 Å². The first kappa shape index (κ1) is 13.4. The first-order valence-electron chi connectivity index (χ1n) is 6.83. The molecule has 22 heavy (non-hydrogen) atoms. The molecule has 2 amide bonds. The largest absolute Gasteiger partial charge is 0.329 e. The van der Waals surface area contributed by atoms with Crippen LogP contribution in [0.25, 0.3) is 10.9 Å². The second-order valence-corrected chi connectivity index (χ2v) is 6.19. The number of benzene rings is 1. The van der Waals surface area contributed by atoms with Gasteiger partial charge in [0.05, 0.1) is 16.6 Å². The Kier molecular flexibility index (Phi) is 2.80. The van der Waals surface area contributed by atoms with Crippen molar-refractivity contribution in [3.8, 4) is 0 Å². The predicted octanol–water partition coefficient (Wildman–Crippen LogP) is 2.14. The van der Waals surface area contributed by atoms with Gasteiger partial charge in [0.1, 0.15) is 18.1 Å². The van der Waals surface area contributed by atoms with Gasteiger partial charge in [0.2, 0.25) is 5.91 Å². The van der Waals surface area contributed by atoms with Gasteiger partial charge in [-0.3, -0.25) is 14.5 Å². The van der Waals surface area contributed by atoms with Crippen LogP contribution in [-0.4, -0.2) is 27.8 Å². The second kappa shape index (κ2) is 4.61. The number of anilines is 1. The van der Waals surface area contributed by atoms with Gasteiger partial charge >= 0.3 is 0 Å². The summed E-state index contributed by atoms with van der Waals surface area (Å²) in [6, 6.07) is 3.11. The van der Waals surface area contributed by atoms with Gasteiger partial charge in [-0.1, -0.05) is 6.58 Å². The lowest BCUT2D eigenvalue weighted by Gasteiger charge is -2.31. The molecule has 2 aliphatic rings. The minimum atomic E-state index is -0.545. The topological polar surface area (TPSA) is 75.2 Å². The Morgan fingerprint density at radius 3 is 2.91 bits per heavy atom. The number of carbonyl (C=O) groups is 2. The van der Waals surface area contributed by atoms with Crippen LogP contribution in [-0.2, 0) is 4.79 Å². The summed E-state index contributed by atoms with van der Waals surface area (Å²) in [5.41, 5.74) is 2.40. The number of allylic oxidation sites excluding steroid dienone is 1. The molecule has 2 aromatic rings. The van der Waals surface area contributed by atoms with Crippen LogP contribution >= 0.6 is 15.9 Å². The maximum atomic E-state index is 12.7. The van der Waals surface area contributed by atoms with Gasteiger partial charge in [0.25, 0.3) is 5.91 Å². The number of carbonyl (C=O) groups excluding carboxylic acids is 2. The zero-order valence-electron chi connectivity index (χ0n) is 11.5. The average molecular weight is 359 g/mol. The third-order valence-electron chi connectivity index (χ3n) is 4.03. The highest BCUT2D eigenvalue weighted by molar-refractivity contribution is 9.10. The Labute approximate surface area is 134 Å². The smallest absolute Gasteiger partial charge is 0.278 e. The van der Waals surface area contributed by atoms with Crippen LogP contribution in [0.2, 0.25) is 0 Å². The fraction of sp³-hybridized carbons (Fsp3) is 0.200. The summed E-state index contributed by atoms with van der Waals surface area (Å²) in [5.74, 6) is -0.463. The molecule has 6 nitrogen and oxygen atoms in total. The van der Waals surface area contributed by atoms with Crippen molar-refractivity contribution in [2.24, 2.45) is 0 Å². The van der Waals surface area contributed by atoms with Crippen molar-refractivity contribution in [1.29, 1.82) is 0 Å². The monoisotopic (exact) mass is 358 g/mol. The normalized spacial score (nSPS) is 20.7. The Morgan fingerprint density at radius 2 is 2.14 bits per heavy atom. The summed E-state index contributed by atoms with van der Waals surface area (Å²) in [5, 5.41) is 3.42. The highest BCUT2D eigenvalue weighted by Gasteiger charge is 2.41. The van der Waals surface area contributed by atoms with Gasteiger partial charge in [0, 0.05) is 10.2 Å². The third-order valence-corrected chi connectivity index (χ3v) is 4.67. The van der Waals surface area contributed by atoms with Gasteiger partial charge < -0.3 is 5.32 Å². The lowest BCUT2D eigenvalue weighted by molar-refractivity contribution is -0.122. The van der Waals surface area contributed by atoms with Crippen molar-refractivity contribution >= 4 is 44.3 Å². The Hall–Kier alpha value is -2.28. The number of hydrogen-bond donors (Lipinski definition) is 1. The quantitative estimate of drug-likeness (QED) is 0.847. The van der Waals surface area contributed by atoms with Crippen LogP contribution in [0.15, 0.2) is 35.2 Å². The van der Waals surface area contributed by atoms with Crippen LogP contribution in [0.1, 0.15) is 23.3 Å². The molecule has 1 aromatic carbocycles. The fourth-order valence-corrected chi connectivity index (χ4v) is 3.46. The van der Waals surface area contributed by atoms with E-state index in [9.17, 15) is 9.59 Å². The van der Waals surface area contributed by atoms with E-state index in [2.05, 4.69) is 37.8 Å². The summed E-state index contributed by atoms with van der Waals surface area (Å²) in [6.45, 7) is 3.77. The van der Waals surface area contributed by atoms with Gasteiger partial charge in [0.15, 0.2) is 0 Å². The zero-order chi connectivity index (χ0) is 15.4. The molecular formula is C15H11BrN4O2. The molecule has 7 heteroatoms. The van der Waals surface area contributed by atoms with Crippen molar-refractivity contribution in [3.05, 3.63) is 40.9 Å². The minimum absolute atomic E-state index is 0.207. The molecule has 0 aliphatic carbocycles. The molecule has 4 rings (SSSR count). The van der Waals surface area contributed by atoms with Gasteiger partial charge in [-0.05, 0) is 40.9 Å². The molecule has 3 heterocycles. The van der Waals surface area contributed by atoms with Crippen molar-refractivity contribution in [3.63, 3.8) is 0 Å². The lowest BCUT2D eigenvalue weighted by Crippen LogP contribution is -2.51. The number of piperidine rings is 1. The first-order chi connectivity index (χ1) is 10.6. The SMILES string of the molecule is C=C1CCC(N2C(=O)c3ncnc4c(Br)ccc2c34)C(=O)N1. The lowest BCUT2D eigenvalue weighted by atomic mass is 10.0. The van der Waals surface area contributed by atoms with Crippen LogP contribution < -0.4 is 10.2 Å². The molecule has 110 valence electrons. The number of aromatic nitrogens is 2. The van der Waals surface area contributed by atoms with Crippen LogP contribution in [0, 0.1) is 0 Å². The summed E-state index contributed by atoms with van der Waals surface area (Å²) in [4.78, 5) is 34.9. The molecule has 0 radical (unpaired) electrons. The van der Waals surface area contributed by atoms with E-state index in [0.29, 0.717) is 40.8 Å². The molecule has 1 fully saturated rings. The van der Waals surface area contributed by atoms with E-state index in [1.165, 1.54) is 11.2 Å². The van der Waals surface area contributed by atoms with Crippen molar-refractivity contribution in [2.45, 2.75) is 18.9 Å². The van der Waals surface area contributed by atoms with Gasteiger partial charge in [-0.2, -0.15) is 0 Å². The fourth-order valence-electron chi connectivity index (χ4n) is 3.03. The van der Waals surface area contributed by atoms with Crippen LogP contribution in [0.3, 0.4) is 0 Å². The molecular weight excluding hydrogens is 348 g/mol. The van der Waals surface area contributed by atoms with Crippen molar-refractivity contribution in [2.75, 3.05) is 4.90 Å². The molecule has 0 spiro atoms. The van der Waals surface area contributed by atoms with Crippen LogP contribution in [0.5, 0.6) is 0 Å². The summed E-state index contributed by atoms with van der Waals surface area (Å²) >= 11 is 3.44. The Morgan fingerprint density at radius 1 is 1.32 bits per heavy atom. The molecule has 0 bridgehead atoms. The highest BCUT2D eigenvalue weighted by atomic mass is 79.9. The van der Waals surface area contributed by atoms with E-state index in [4.69, 9.17) is 0 Å². The molecule has 1 N–H and O–H groups in total. The summed E-state index contributed by atoms with van der Waals surface area (Å²) < 4.78 is 0.797. The standard InChI is InChI=1S/C15H11BrN4O2/c1-7-2-4-10(14(21)19-7)20-9-5-3-8(16)12-11(9)13(15(20)22)18-6-17-12/h3,5-6,10H,1-2,4H2,(H,19,21). The molecule has 1 aromatic heterocycles. The van der Waals surface area contributed by atoms with Crippen molar-refractivity contribution in [1.82, 2.24) is 15.3 Å². The second-order valence-electron chi connectivity index (χ2n) is 5.33. The minimum Gasteiger partial charge on any atom is -0.329 e. The van der Waals surface area contributed by atoms with Gasteiger partial charge in [-0.25, -0.2) is 9.97 Å². The number of hydrogen-bond acceptors (Lipinski definition) is 4. The summed E-state index contributed by atoms with van der Waals surface area (Å²) in [7, 11) is 0. The molecule has 2 aliphatic heterocycles. The maximum absolute atomic E-state index is 12.7. The number of halogens is 1. The van der Waals surface area contributed by atoms with E-state index in [1.54, 1.807) is 0 Å². The molecule has 1 unspecified atom stereocenters. The van der Waals surface area contributed by atoms with E-state index in [-0.39, 0.29) is 11.8 Å². The summed E-state index contributed by atoms with van der Waals surface area (Å²) in [6.07, 6.45) is 2.58. The Bertz CT molecular complexity index is 864. The number of amides is 2. The van der Waals surface area contributed by atoms with Crippen LogP contribution in [0.4, 0.5) is 5.69 Å². The number of rotatable bonds is 1. The van der Waals surface area contributed by atoms with Crippen molar-refractivity contribution < 1.29 is 9.59 Å². The van der Waals surface area contributed by atoms with E-state index >= 15 is 0 Å². The zero-order valence-corrected chi connectivity index (χ0v) is 13.1. The molecule has 1 atom stereocenters. The Balaban J connectivity index is 1.89. The predicted molar refractivity (Wildman–Crippen MR) is 84.4 cm³/mol. The molecule has 0 saturated carbocycles. The third kappa shape index (κ3) is 1.72. The maximum Gasteiger partial charge on any atom is 0.278 e. The first-order valence-corrected chi connectivity index (χ1v) is 7.62. The average Bonchev–Trinajstić information content (AvgIpc) is 2.78. The number of nitrogens with zero attached hydrogens (tertiary/aromatic N) is 3.